The molecule has 1 N–H and O–H groups in total. The van der Waals surface area contributed by atoms with Crippen molar-refractivity contribution in [2.75, 3.05) is 7.11 Å². The molecule has 0 spiro atoms. The first kappa shape index (κ1) is 16.0. The number of halogens is 1. The Balaban J connectivity index is 2.11. The lowest BCUT2D eigenvalue weighted by Gasteiger charge is -2.17. The number of aryl methyl sites for hydroxylation is 1. The molecule has 6 heteroatoms. The fraction of sp³-hybridized carbons (Fsp3) is 0.294. The molecule has 1 aromatic carbocycles. The summed E-state index contributed by atoms with van der Waals surface area (Å²) in [5, 5.41) is 10.0. The first-order chi connectivity index (χ1) is 10.8. The van der Waals surface area contributed by atoms with Gasteiger partial charge in [-0.3, -0.25) is 0 Å². The van der Waals surface area contributed by atoms with E-state index in [0.717, 1.165) is 21.3 Å². The number of fused-ring (bicyclic) bond motifs is 1. The highest BCUT2D eigenvalue weighted by molar-refractivity contribution is 9.10. The van der Waals surface area contributed by atoms with Crippen LogP contribution >= 0.6 is 15.9 Å². The molecule has 0 radical (unpaired) electrons. The molecular formula is C17H17BrN2O3. The minimum Gasteiger partial charge on any atom is -0.492 e. The van der Waals surface area contributed by atoms with E-state index in [1.807, 2.05) is 31.2 Å². The molecule has 0 unspecified atom stereocenters. The average Bonchev–Trinajstić information content (AvgIpc) is 2.91. The standard InChI is InChI=1S/C17H17BrN2O3/c1-9-12(18)13(22-4)14-15(19-9)20-16(23-14)10-5-7-11(8-6-10)17(2,3)21/h5-8,21H,1-4H3. The number of benzene rings is 1. The summed E-state index contributed by atoms with van der Waals surface area (Å²) in [7, 11) is 1.58. The van der Waals surface area contributed by atoms with E-state index in [9.17, 15) is 5.11 Å². The Bertz CT molecular complexity index is 864. The zero-order valence-electron chi connectivity index (χ0n) is 13.3. The largest absolute Gasteiger partial charge is 0.492 e. The van der Waals surface area contributed by atoms with Crippen molar-refractivity contribution in [3.8, 4) is 17.2 Å². The smallest absolute Gasteiger partial charge is 0.229 e. The molecule has 0 aliphatic rings. The van der Waals surface area contributed by atoms with Crippen LogP contribution in [0.4, 0.5) is 0 Å². The van der Waals surface area contributed by atoms with E-state index in [1.165, 1.54) is 0 Å². The second kappa shape index (κ2) is 5.62. The molecule has 2 aromatic heterocycles. The summed E-state index contributed by atoms with van der Waals surface area (Å²) >= 11 is 3.46. The SMILES string of the molecule is COc1c(Br)c(C)nc2nc(-c3ccc(C(C)(C)O)cc3)oc12. The fourth-order valence-corrected chi connectivity index (χ4v) is 2.76. The maximum absolute atomic E-state index is 10.0. The third-order valence-electron chi connectivity index (χ3n) is 3.65. The normalized spacial score (nSPS) is 11.9. The van der Waals surface area contributed by atoms with Crippen LogP contribution in [-0.4, -0.2) is 22.2 Å². The van der Waals surface area contributed by atoms with Gasteiger partial charge >= 0.3 is 0 Å². The number of hydrogen-bond acceptors (Lipinski definition) is 5. The van der Waals surface area contributed by atoms with E-state index in [0.29, 0.717) is 22.9 Å². The van der Waals surface area contributed by atoms with Gasteiger partial charge in [0.15, 0.2) is 5.75 Å². The lowest BCUT2D eigenvalue weighted by atomic mass is 9.97. The Morgan fingerprint density at radius 1 is 1.17 bits per heavy atom. The maximum Gasteiger partial charge on any atom is 0.229 e. The van der Waals surface area contributed by atoms with Crippen LogP contribution < -0.4 is 4.74 Å². The van der Waals surface area contributed by atoms with Crippen molar-refractivity contribution in [3.63, 3.8) is 0 Å². The first-order valence-electron chi connectivity index (χ1n) is 7.15. The van der Waals surface area contributed by atoms with Crippen molar-refractivity contribution in [3.05, 3.63) is 40.0 Å². The number of methoxy groups -OCH3 is 1. The van der Waals surface area contributed by atoms with Crippen LogP contribution in [0, 0.1) is 6.92 Å². The Kier molecular flexibility index (Phi) is 3.90. The van der Waals surface area contributed by atoms with Gasteiger partial charge in [-0.1, -0.05) is 12.1 Å². The first-order valence-corrected chi connectivity index (χ1v) is 7.94. The molecule has 3 rings (SSSR count). The van der Waals surface area contributed by atoms with Crippen molar-refractivity contribution in [1.82, 2.24) is 9.97 Å². The number of aromatic nitrogens is 2. The summed E-state index contributed by atoms with van der Waals surface area (Å²) in [5.41, 5.74) is 2.55. The van der Waals surface area contributed by atoms with Crippen LogP contribution in [0.25, 0.3) is 22.7 Å². The van der Waals surface area contributed by atoms with E-state index in [-0.39, 0.29) is 0 Å². The molecule has 3 aromatic rings. The van der Waals surface area contributed by atoms with Crippen LogP contribution in [0.2, 0.25) is 0 Å². The maximum atomic E-state index is 10.0. The third kappa shape index (κ3) is 2.84. The van der Waals surface area contributed by atoms with Gasteiger partial charge in [-0.15, -0.1) is 0 Å². The van der Waals surface area contributed by atoms with Gasteiger partial charge in [-0.25, -0.2) is 4.98 Å². The van der Waals surface area contributed by atoms with E-state index in [4.69, 9.17) is 9.15 Å². The number of ether oxygens (including phenoxy) is 1. The fourth-order valence-electron chi connectivity index (χ4n) is 2.33. The summed E-state index contributed by atoms with van der Waals surface area (Å²) in [4.78, 5) is 8.86. The van der Waals surface area contributed by atoms with Gasteiger partial charge in [0.05, 0.1) is 22.9 Å². The molecule has 120 valence electrons. The van der Waals surface area contributed by atoms with Gasteiger partial charge in [0, 0.05) is 5.56 Å². The molecule has 2 heterocycles. The number of rotatable bonds is 3. The monoisotopic (exact) mass is 376 g/mol. The molecule has 0 aliphatic carbocycles. The Hall–Kier alpha value is -1.92. The number of nitrogens with zero attached hydrogens (tertiary/aromatic N) is 2. The molecule has 0 saturated carbocycles. The Labute approximate surface area is 142 Å². The number of pyridine rings is 1. The predicted octanol–water partition coefficient (Wildman–Crippen LogP) is 4.20. The molecule has 23 heavy (non-hydrogen) atoms. The zero-order valence-corrected chi connectivity index (χ0v) is 14.9. The third-order valence-corrected chi connectivity index (χ3v) is 4.58. The number of hydrogen-bond donors (Lipinski definition) is 1. The van der Waals surface area contributed by atoms with E-state index >= 15 is 0 Å². The van der Waals surface area contributed by atoms with Gasteiger partial charge in [0.25, 0.3) is 0 Å². The molecule has 0 aliphatic heterocycles. The molecule has 0 amide bonds. The van der Waals surface area contributed by atoms with E-state index in [1.54, 1.807) is 21.0 Å². The van der Waals surface area contributed by atoms with Crippen molar-refractivity contribution in [1.29, 1.82) is 0 Å². The summed E-state index contributed by atoms with van der Waals surface area (Å²) in [6, 6.07) is 7.45. The molecule has 0 saturated heterocycles. The van der Waals surface area contributed by atoms with Gasteiger partial charge < -0.3 is 14.3 Å². The van der Waals surface area contributed by atoms with Gasteiger partial charge in [-0.2, -0.15) is 4.98 Å². The Morgan fingerprint density at radius 2 is 1.83 bits per heavy atom. The summed E-state index contributed by atoms with van der Waals surface area (Å²) in [6.07, 6.45) is 0. The average molecular weight is 377 g/mol. The quantitative estimate of drug-likeness (QED) is 0.741. The highest BCUT2D eigenvalue weighted by Gasteiger charge is 2.19. The van der Waals surface area contributed by atoms with E-state index < -0.39 is 5.60 Å². The van der Waals surface area contributed by atoms with Crippen LogP contribution in [0.3, 0.4) is 0 Å². The highest BCUT2D eigenvalue weighted by Crippen LogP contribution is 2.37. The number of oxazole rings is 1. The van der Waals surface area contributed by atoms with E-state index in [2.05, 4.69) is 25.9 Å². The van der Waals surface area contributed by atoms with Crippen molar-refractivity contribution >= 4 is 27.2 Å². The van der Waals surface area contributed by atoms with Crippen molar-refractivity contribution < 1.29 is 14.3 Å². The van der Waals surface area contributed by atoms with Crippen LogP contribution in [0.1, 0.15) is 25.1 Å². The lowest BCUT2D eigenvalue weighted by Crippen LogP contribution is -2.14. The summed E-state index contributed by atoms with van der Waals surface area (Å²) < 4.78 is 12.0. The lowest BCUT2D eigenvalue weighted by molar-refractivity contribution is 0.0786. The predicted molar refractivity (Wildman–Crippen MR) is 91.5 cm³/mol. The van der Waals surface area contributed by atoms with Gasteiger partial charge in [0.1, 0.15) is 0 Å². The molecule has 0 fully saturated rings. The van der Waals surface area contributed by atoms with Gasteiger partial charge in [-0.05, 0) is 54.4 Å². The molecule has 5 nitrogen and oxygen atoms in total. The van der Waals surface area contributed by atoms with Crippen LogP contribution in [-0.2, 0) is 5.60 Å². The van der Waals surface area contributed by atoms with Crippen LogP contribution in [0.5, 0.6) is 5.75 Å². The topological polar surface area (TPSA) is 68.4 Å². The second-order valence-corrected chi connectivity index (χ2v) is 6.65. The molecule has 0 atom stereocenters. The Morgan fingerprint density at radius 3 is 2.39 bits per heavy atom. The molecule has 0 bridgehead atoms. The number of aliphatic hydroxyl groups is 1. The van der Waals surface area contributed by atoms with Crippen LogP contribution in [0.15, 0.2) is 33.2 Å². The summed E-state index contributed by atoms with van der Waals surface area (Å²) in [6.45, 7) is 5.37. The minimum atomic E-state index is -0.882. The minimum absolute atomic E-state index is 0.464. The summed E-state index contributed by atoms with van der Waals surface area (Å²) in [5.74, 6) is 1.05. The highest BCUT2D eigenvalue weighted by atomic mass is 79.9. The second-order valence-electron chi connectivity index (χ2n) is 5.85. The molecular weight excluding hydrogens is 360 g/mol. The van der Waals surface area contributed by atoms with Crippen molar-refractivity contribution in [2.24, 2.45) is 0 Å². The van der Waals surface area contributed by atoms with Gasteiger partial charge in [0.2, 0.25) is 17.1 Å². The zero-order chi connectivity index (χ0) is 16.8. The van der Waals surface area contributed by atoms with Crippen molar-refractivity contribution in [2.45, 2.75) is 26.4 Å².